The van der Waals surface area contributed by atoms with Crippen molar-refractivity contribution in [2.75, 3.05) is 36.0 Å². The van der Waals surface area contributed by atoms with Crippen molar-refractivity contribution in [2.24, 2.45) is 5.10 Å². The third kappa shape index (κ3) is 4.10. The summed E-state index contributed by atoms with van der Waals surface area (Å²) < 4.78 is 24.9. The van der Waals surface area contributed by atoms with Crippen molar-refractivity contribution in [3.63, 3.8) is 0 Å². The number of aryl methyl sites for hydroxylation is 1. The number of aliphatic hydroxyl groups excluding tert-OH is 1. The summed E-state index contributed by atoms with van der Waals surface area (Å²) in [5, 5.41) is 17.8. The topological polar surface area (TPSA) is 112 Å². The molecule has 0 bridgehead atoms. The van der Waals surface area contributed by atoms with Gasteiger partial charge in [0, 0.05) is 12.6 Å². The quantitative estimate of drug-likeness (QED) is 0.755. The smallest absolute Gasteiger partial charge is 0.414 e. The number of nitrogens with zero attached hydrogens (tertiary/aromatic N) is 5. The lowest BCUT2D eigenvalue weighted by Crippen LogP contribution is -2.42. The molecule has 4 rings (SSSR count). The largest absolute Gasteiger partial charge is 0.444 e. The van der Waals surface area contributed by atoms with E-state index in [1.165, 1.54) is 23.6 Å². The molecule has 0 aliphatic carbocycles. The maximum atomic E-state index is 14.7. The van der Waals surface area contributed by atoms with Crippen LogP contribution in [0.15, 0.2) is 40.2 Å². The molecule has 1 atom stereocenters. The van der Waals surface area contributed by atoms with Crippen molar-refractivity contribution in [3.05, 3.63) is 42.0 Å². The zero-order valence-corrected chi connectivity index (χ0v) is 16.0. The van der Waals surface area contributed by atoms with Crippen molar-refractivity contribution >= 4 is 29.7 Å². The van der Waals surface area contributed by atoms with Gasteiger partial charge in [-0.25, -0.2) is 14.2 Å². The van der Waals surface area contributed by atoms with Gasteiger partial charge in [-0.3, -0.25) is 9.69 Å². The van der Waals surface area contributed by atoms with Gasteiger partial charge in [-0.05, 0) is 31.0 Å². The molecular formula is C19H20FN5O5. The summed E-state index contributed by atoms with van der Waals surface area (Å²) in [6.45, 7) is 0.231. The molecule has 0 radical (unpaired) electrons. The van der Waals surface area contributed by atoms with Gasteiger partial charge in [0.2, 0.25) is 0 Å². The van der Waals surface area contributed by atoms with Crippen LogP contribution < -0.4 is 9.80 Å². The molecule has 2 aliphatic rings. The Kier molecular flexibility index (Phi) is 5.61. The van der Waals surface area contributed by atoms with Crippen LogP contribution in [0.5, 0.6) is 0 Å². The predicted octanol–water partition coefficient (Wildman–Crippen LogP) is 1.36. The van der Waals surface area contributed by atoms with Crippen LogP contribution in [0.25, 0.3) is 0 Å². The number of rotatable bonds is 6. The fourth-order valence-corrected chi connectivity index (χ4v) is 3.35. The van der Waals surface area contributed by atoms with Crippen LogP contribution >= 0.6 is 0 Å². The monoisotopic (exact) mass is 417 g/mol. The summed E-state index contributed by atoms with van der Waals surface area (Å²) in [5.41, 5.74) is 1.45. The molecule has 1 aromatic heterocycles. The number of carbonyl (C=O) groups excluding carboxylic acids is 2. The molecular weight excluding hydrogens is 397 g/mol. The van der Waals surface area contributed by atoms with Crippen LogP contribution in [0.2, 0.25) is 0 Å². The van der Waals surface area contributed by atoms with E-state index in [2.05, 4.69) is 10.3 Å². The van der Waals surface area contributed by atoms with Gasteiger partial charge in [0.25, 0.3) is 5.91 Å². The summed E-state index contributed by atoms with van der Waals surface area (Å²) in [6.07, 6.45) is 3.18. The van der Waals surface area contributed by atoms with E-state index in [-0.39, 0.29) is 18.3 Å². The zero-order valence-electron chi connectivity index (χ0n) is 16.0. The number of carbonyl (C=O) groups is 2. The van der Waals surface area contributed by atoms with E-state index in [1.807, 2.05) is 0 Å². The minimum atomic E-state index is -0.633. The van der Waals surface area contributed by atoms with Gasteiger partial charge in [0.05, 0.1) is 30.2 Å². The molecule has 1 N–H and O–H groups in total. The SMILES string of the molecule is O=C(CO)N1CCN(c2ccc(N3C[C@H](CCc4ccon4)OC3=O)cc2F)C=N1. The van der Waals surface area contributed by atoms with Crippen LogP contribution in [-0.2, 0) is 16.0 Å². The van der Waals surface area contributed by atoms with Crippen LogP contribution in [0.4, 0.5) is 20.6 Å². The molecule has 0 unspecified atom stereocenters. The Morgan fingerprint density at radius 2 is 2.17 bits per heavy atom. The highest BCUT2D eigenvalue weighted by Gasteiger charge is 2.33. The van der Waals surface area contributed by atoms with Gasteiger partial charge in [-0.15, -0.1) is 0 Å². The number of halogens is 1. The lowest BCUT2D eigenvalue weighted by molar-refractivity contribution is -0.134. The zero-order chi connectivity index (χ0) is 21.1. The van der Waals surface area contributed by atoms with Gasteiger partial charge in [0.1, 0.15) is 31.1 Å². The Balaban J connectivity index is 1.40. The fraction of sp³-hybridized carbons (Fsp3) is 0.368. The van der Waals surface area contributed by atoms with Gasteiger partial charge >= 0.3 is 6.09 Å². The fourth-order valence-electron chi connectivity index (χ4n) is 3.35. The minimum absolute atomic E-state index is 0.225. The third-order valence-electron chi connectivity index (χ3n) is 4.95. The van der Waals surface area contributed by atoms with Crippen molar-refractivity contribution < 1.29 is 28.3 Å². The number of cyclic esters (lactones) is 1. The summed E-state index contributed by atoms with van der Waals surface area (Å²) in [6, 6.07) is 6.22. The molecule has 2 aromatic rings. The molecule has 1 fully saturated rings. The summed E-state index contributed by atoms with van der Waals surface area (Å²) in [4.78, 5) is 26.6. The van der Waals surface area contributed by atoms with Gasteiger partial charge in [-0.2, -0.15) is 5.10 Å². The third-order valence-corrected chi connectivity index (χ3v) is 4.95. The molecule has 10 nitrogen and oxygen atoms in total. The first-order chi connectivity index (χ1) is 14.5. The second-order valence-electron chi connectivity index (χ2n) is 6.88. The number of anilines is 2. The number of hydrogen-bond donors (Lipinski definition) is 1. The minimum Gasteiger partial charge on any atom is -0.444 e. The molecule has 0 spiro atoms. The van der Waals surface area contributed by atoms with Crippen molar-refractivity contribution in [1.29, 1.82) is 0 Å². The van der Waals surface area contributed by atoms with Crippen LogP contribution in [0.3, 0.4) is 0 Å². The average Bonchev–Trinajstić information content (AvgIpc) is 3.41. The first kappa shape index (κ1) is 19.8. The Hall–Kier alpha value is -3.47. The number of ether oxygens (including phenoxy) is 1. The number of benzene rings is 1. The van der Waals surface area contributed by atoms with Crippen LogP contribution in [0.1, 0.15) is 12.1 Å². The molecule has 0 saturated carbocycles. The van der Waals surface area contributed by atoms with E-state index in [0.29, 0.717) is 31.6 Å². The van der Waals surface area contributed by atoms with Gasteiger partial charge in [0.15, 0.2) is 0 Å². The van der Waals surface area contributed by atoms with Crippen molar-refractivity contribution in [1.82, 2.24) is 10.2 Å². The predicted molar refractivity (Wildman–Crippen MR) is 103 cm³/mol. The standard InChI is InChI=1S/C19H20FN5O5/c20-16-9-14(2-4-17(16)23-6-7-25(21-12-23)18(27)11-26)24-10-15(30-19(24)28)3-1-13-5-8-29-22-13/h2,4-5,8-9,12,15,26H,1,3,6-7,10-11H2/t15-/m0/s1. The van der Waals surface area contributed by atoms with Gasteiger partial charge < -0.3 is 19.3 Å². The maximum Gasteiger partial charge on any atom is 0.414 e. The van der Waals surface area contributed by atoms with E-state index in [1.54, 1.807) is 23.1 Å². The molecule has 158 valence electrons. The number of amides is 2. The van der Waals surface area contributed by atoms with E-state index in [0.717, 1.165) is 10.7 Å². The first-order valence-electron chi connectivity index (χ1n) is 9.44. The Labute approximate surface area is 171 Å². The van der Waals surface area contributed by atoms with Crippen molar-refractivity contribution in [2.45, 2.75) is 18.9 Å². The van der Waals surface area contributed by atoms with E-state index in [4.69, 9.17) is 14.4 Å². The van der Waals surface area contributed by atoms with E-state index in [9.17, 15) is 14.0 Å². The number of aliphatic hydroxyl groups is 1. The lowest BCUT2D eigenvalue weighted by Gasteiger charge is -2.28. The lowest BCUT2D eigenvalue weighted by atomic mass is 10.1. The molecule has 1 saturated heterocycles. The number of hydrazone groups is 1. The van der Waals surface area contributed by atoms with E-state index >= 15 is 0 Å². The molecule has 2 aliphatic heterocycles. The molecule has 11 heteroatoms. The summed E-state index contributed by atoms with van der Waals surface area (Å²) in [5.74, 6) is -1.05. The second kappa shape index (κ2) is 8.49. The normalized spacial score (nSPS) is 18.8. The maximum absolute atomic E-state index is 14.7. The van der Waals surface area contributed by atoms with E-state index < -0.39 is 24.4 Å². The Bertz CT molecular complexity index is 951. The highest BCUT2D eigenvalue weighted by atomic mass is 19.1. The van der Waals surface area contributed by atoms with Gasteiger partial charge in [-0.1, -0.05) is 5.16 Å². The molecule has 1 aromatic carbocycles. The summed E-state index contributed by atoms with van der Waals surface area (Å²) >= 11 is 0. The highest BCUT2D eigenvalue weighted by Crippen LogP contribution is 2.29. The molecule has 30 heavy (non-hydrogen) atoms. The van der Waals surface area contributed by atoms with Crippen molar-refractivity contribution in [3.8, 4) is 0 Å². The molecule has 2 amide bonds. The Morgan fingerprint density at radius 3 is 2.83 bits per heavy atom. The number of aromatic nitrogens is 1. The summed E-state index contributed by atoms with van der Waals surface area (Å²) in [7, 11) is 0. The Morgan fingerprint density at radius 1 is 1.30 bits per heavy atom. The van der Waals surface area contributed by atoms with Crippen LogP contribution in [0, 0.1) is 5.82 Å². The first-order valence-corrected chi connectivity index (χ1v) is 9.44. The number of hydrogen-bond acceptors (Lipinski definition) is 8. The highest BCUT2D eigenvalue weighted by molar-refractivity contribution is 5.90. The van der Waals surface area contributed by atoms with Crippen LogP contribution in [-0.4, -0.2) is 66.0 Å². The molecule has 3 heterocycles. The average molecular weight is 417 g/mol. The second-order valence-corrected chi connectivity index (χ2v) is 6.88.